The van der Waals surface area contributed by atoms with Crippen molar-refractivity contribution in [1.29, 1.82) is 5.26 Å². The van der Waals surface area contributed by atoms with Crippen molar-refractivity contribution in [1.82, 2.24) is 9.97 Å². The summed E-state index contributed by atoms with van der Waals surface area (Å²) < 4.78 is 0.349. The molecule has 0 radical (unpaired) electrons. The topological polar surface area (TPSA) is 55.7 Å². The molecule has 0 aromatic carbocycles. The first-order chi connectivity index (χ1) is 6.06. The minimum absolute atomic E-state index is 0.349. The Balaban J connectivity index is 3.40. The van der Waals surface area contributed by atoms with E-state index in [9.17, 15) is 0 Å². The first-order valence-electron chi connectivity index (χ1n) is 3.74. The molecular weight excluding hydrogens is 184 g/mol. The Morgan fingerprint density at radius 3 is 2.54 bits per heavy atom. The lowest BCUT2D eigenvalue weighted by Crippen LogP contribution is -2.14. The van der Waals surface area contributed by atoms with Crippen LogP contribution in [0.15, 0.2) is 0 Å². The Labute approximate surface area is 81.8 Å². The van der Waals surface area contributed by atoms with Crippen molar-refractivity contribution in [3.05, 3.63) is 15.9 Å². The van der Waals surface area contributed by atoms with E-state index in [-0.39, 0.29) is 0 Å². The summed E-state index contributed by atoms with van der Waals surface area (Å²) in [6.45, 7) is 1.81. The average molecular weight is 194 g/mol. The molecule has 0 bridgehead atoms. The highest BCUT2D eigenvalue weighted by Crippen LogP contribution is 2.09. The van der Waals surface area contributed by atoms with E-state index in [0.29, 0.717) is 16.2 Å². The number of rotatable bonds is 1. The van der Waals surface area contributed by atoms with E-state index in [4.69, 9.17) is 17.5 Å². The van der Waals surface area contributed by atoms with Crippen LogP contribution in [0, 0.1) is 22.9 Å². The molecule has 0 unspecified atom stereocenters. The van der Waals surface area contributed by atoms with Gasteiger partial charge in [-0.2, -0.15) is 5.26 Å². The maximum absolute atomic E-state index is 8.74. The van der Waals surface area contributed by atoms with Crippen LogP contribution in [0.5, 0.6) is 0 Å². The van der Waals surface area contributed by atoms with Crippen molar-refractivity contribution in [3.8, 4) is 6.07 Å². The van der Waals surface area contributed by atoms with Crippen molar-refractivity contribution >= 4 is 18.2 Å². The fourth-order valence-corrected chi connectivity index (χ4v) is 1.20. The van der Waals surface area contributed by atoms with Crippen molar-refractivity contribution in [2.45, 2.75) is 6.92 Å². The summed E-state index contributed by atoms with van der Waals surface area (Å²) in [5.41, 5.74) is 1.20. The predicted molar refractivity (Wildman–Crippen MR) is 53.2 cm³/mol. The van der Waals surface area contributed by atoms with Gasteiger partial charge in [-0.3, -0.25) is 0 Å². The number of aryl methyl sites for hydroxylation is 1. The summed E-state index contributed by atoms with van der Waals surface area (Å²) in [5, 5.41) is 8.74. The van der Waals surface area contributed by atoms with Gasteiger partial charge in [0.05, 0.1) is 0 Å². The molecule has 13 heavy (non-hydrogen) atoms. The van der Waals surface area contributed by atoms with Gasteiger partial charge in [0.1, 0.15) is 16.3 Å². The third kappa shape index (κ3) is 1.84. The summed E-state index contributed by atoms with van der Waals surface area (Å²) in [4.78, 5) is 8.87. The van der Waals surface area contributed by atoms with Gasteiger partial charge >= 0.3 is 0 Å². The Kier molecular flexibility index (Phi) is 2.63. The second kappa shape index (κ2) is 3.54. The zero-order valence-electron chi connectivity index (χ0n) is 7.75. The smallest absolute Gasteiger partial charge is 0.203 e. The molecule has 0 aliphatic carbocycles. The minimum Gasteiger partial charge on any atom is -0.349 e. The lowest BCUT2D eigenvalue weighted by atomic mass is 10.3. The van der Waals surface area contributed by atoms with Gasteiger partial charge in [0.15, 0.2) is 0 Å². The Bertz CT molecular complexity index is 413. The van der Waals surface area contributed by atoms with Gasteiger partial charge in [-0.25, -0.2) is 4.98 Å². The third-order valence-corrected chi connectivity index (χ3v) is 1.93. The number of hydrogen-bond donors (Lipinski definition) is 1. The van der Waals surface area contributed by atoms with Gasteiger partial charge in [-0.05, 0) is 6.92 Å². The molecule has 1 aromatic heterocycles. The maximum atomic E-state index is 8.74. The first-order valence-corrected chi connectivity index (χ1v) is 4.15. The molecule has 5 heteroatoms. The molecule has 1 N–H and O–H groups in total. The third-order valence-electron chi connectivity index (χ3n) is 1.63. The van der Waals surface area contributed by atoms with E-state index in [1.165, 1.54) is 0 Å². The number of aromatic amines is 1. The van der Waals surface area contributed by atoms with Crippen LogP contribution in [0.25, 0.3) is 0 Å². The van der Waals surface area contributed by atoms with Crippen LogP contribution in [0.2, 0.25) is 0 Å². The second-order valence-corrected chi connectivity index (χ2v) is 3.26. The zero-order chi connectivity index (χ0) is 10.0. The molecule has 68 valence electrons. The quantitative estimate of drug-likeness (QED) is 0.686. The SMILES string of the molecule is Cc1[nH]c(N(C)C)nc(=S)c1C#N. The van der Waals surface area contributed by atoms with E-state index in [1.807, 2.05) is 32.0 Å². The average Bonchev–Trinajstić information content (AvgIpc) is 2.03. The number of hydrogen-bond acceptors (Lipinski definition) is 4. The summed E-state index contributed by atoms with van der Waals surface area (Å²) in [6, 6.07) is 2.01. The van der Waals surface area contributed by atoms with Gasteiger partial charge < -0.3 is 9.88 Å². The standard InChI is InChI=1S/C8H10N4S/c1-5-6(4-9)7(13)11-8(10-5)12(2)3/h1-3H3,(H,10,11,13). The largest absolute Gasteiger partial charge is 0.349 e. The molecule has 4 nitrogen and oxygen atoms in total. The molecule has 0 atom stereocenters. The van der Waals surface area contributed by atoms with Crippen molar-refractivity contribution in [3.63, 3.8) is 0 Å². The molecule has 0 spiro atoms. The summed E-state index contributed by atoms with van der Waals surface area (Å²) in [6.07, 6.45) is 0. The van der Waals surface area contributed by atoms with Crippen LogP contribution < -0.4 is 4.90 Å². The number of anilines is 1. The number of nitrogens with zero attached hydrogens (tertiary/aromatic N) is 3. The van der Waals surface area contributed by atoms with Crippen LogP contribution in [0.1, 0.15) is 11.3 Å². The lowest BCUT2D eigenvalue weighted by molar-refractivity contribution is 0.965. The van der Waals surface area contributed by atoms with Gasteiger partial charge in [0, 0.05) is 19.8 Å². The molecule has 0 amide bonds. The second-order valence-electron chi connectivity index (χ2n) is 2.87. The van der Waals surface area contributed by atoms with Gasteiger partial charge in [-0.1, -0.05) is 12.2 Å². The number of aromatic nitrogens is 2. The van der Waals surface area contributed by atoms with Crippen LogP contribution >= 0.6 is 12.2 Å². The molecule has 0 saturated carbocycles. The monoisotopic (exact) mass is 194 g/mol. The molecule has 0 saturated heterocycles. The molecular formula is C8H10N4S. The molecule has 0 aliphatic rings. The minimum atomic E-state index is 0.349. The van der Waals surface area contributed by atoms with Crippen molar-refractivity contribution in [2.24, 2.45) is 0 Å². The first kappa shape index (κ1) is 9.68. The van der Waals surface area contributed by atoms with Crippen LogP contribution in [0.4, 0.5) is 5.95 Å². The molecule has 1 rings (SSSR count). The Morgan fingerprint density at radius 2 is 2.15 bits per heavy atom. The summed E-state index contributed by atoms with van der Waals surface area (Å²) in [7, 11) is 3.72. The highest BCUT2D eigenvalue weighted by atomic mass is 32.1. The van der Waals surface area contributed by atoms with Gasteiger partial charge in [0.25, 0.3) is 0 Å². The zero-order valence-corrected chi connectivity index (χ0v) is 8.57. The summed E-state index contributed by atoms with van der Waals surface area (Å²) in [5.74, 6) is 0.668. The molecule has 1 heterocycles. The molecule has 0 aliphatic heterocycles. The van der Waals surface area contributed by atoms with E-state index in [0.717, 1.165) is 5.69 Å². The number of nitriles is 1. The van der Waals surface area contributed by atoms with E-state index in [2.05, 4.69) is 9.97 Å². The van der Waals surface area contributed by atoms with E-state index >= 15 is 0 Å². The van der Waals surface area contributed by atoms with Crippen LogP contribution in [-0.4, -0.2) is 24.1 Å². The van der Waals surface area contributed by atoms with Crippen molar-refractivity contribution in [2.75, 3.05) is 19.0 Å². The van der Waals surface area contributed by atoms with E-state index in [1.54, 1.807) is 0 Å². The number of H-pyrrole nitrogens is 1. The van der Waals surface area contributed by atoms with E-state index < -0.39 is 0 Å². The summed E-state index contributed by atoms with van der Waals surface area (Å²) >= 11 is 4.97. The van der Waals surface area contributed by atoms with Crippen LogP contribution in [0.3, 0.4) is 0 Å². The predicted octanol–water partition coefficient (Wildman–Crippen LogP) is 1.39. The van der Waals surface area contributed by atoms with Crippen LogP contribution in [-0.2, 0) is 0 Å². The highest BCUT2D eigenvalue weighted by molar-refractivity contribution is 7.71. The maximum Gasteiger partial charge on any atom is 0.203 e. The Hall–Kier alpha value is -1.41. The fourth-order valence-electron chi connectivity index (χ4n) is 0.914. The van der Waals surface area contributed by atoms with Crippen molar-refractivity contribution < 1.29 is 0 Å². The molecule has 0 fully saturated rings. The lowest BCUT2D eigenvalue weighted by Gasteiger charge is -2.11. The van der Waals surface area contributed by atoms with Gasteiger partial charge in [-0.15, -0.1) is 0 Å². The fraction of sp³-hybridized carbons (Fsp3) is 0.375. The normalized spacial score (nSPS) is 9.38. The van der Waals surface area contributed by atoms with Gasteiger partial charge in [0.2, 0.25) is 5.95 Å². The number of nitrogens with one attached hydrogen (secondary N) is 1. The molecule has 1 aromatic rings. The highest BCUT2D eigenvalue weighted by Gasteiger charge is 2.04. The Morgan fingerprint density at radius 1 is 1.54 bits per heavy atom.